The molecule has 82 valence electrons. The maximum atomic E-state index is 11.4. The number of hydrogen-bond donors (Lipinski definition) is 0. The average Bonchev–Trinajstić information content (AvgIpc) is 2.69. The lowest BCUT2D eigenvalue weighted by Gasteiger charge is -1.98. The number of carbonyl (C=O) groups excluding carboxylic acids is 1. The van der Waals surface area contributed by atoms with Gasteiger partial charge in [-0.05, 0) is 11.2 Å². The standard InChI is InChI=1S/C12H11NO2S/c1-2-16-8-10-11(13-15-12(10)14)9-6-4-3-5-7-9/h3-8H,2H2,1H3/b10-8-. The number of thioether (sulfide) groups is 1. The molecule has 1 aromatic carbocycles. The molecule has 0 unspecified atom stereocenters. The first kappa shape index (κ1) is 11.0. The van der Waals surface area contributed by atoms with E-state index in [1.807, 2.05) is 37.3 Å². The second kappa shape index (κ2) is 4.99. The molecule has 0 spiro atoms. The van der Waals surface area contributed by atoms with Crippen LogP contribution in [0.15, 0.2) is 46.5 Å². The van der Waals surface area contributed by atoms with Crippen molar-refractivity contribution in [3.63, 3.8) is 0 Å². The SMILES string of the molecule is CCS/C=C1\C(=O)ON=C1c1ccccc1. The van der Waals surface area contributed by atoms with E-state index in [0.717, 1.165) is 11.3 Å². The molecule has 0 amide bonds. The molecule has 3 nitrogen and oxygen atoms in total. The minimum atomic E-state index is -0.375. The van der Waals surface area contributed by atoms with Crippen LogP contribution >= 0.6 is 11.8 Å². The molecule has 0 saturated carbocycles. The minimum absolute atomic E-state index is 0.375. The molecule has 0 fully saturated rings. The highest BCUT2D eigenvalue weighted by Gasteiger charge is 2.26. The lowest BCUT2D eigenvalue weighted by molar-refractivity contribution is -0.136. The van der Waals surface area contributed by atoms with Gasteiger partial charge in [-0.25, -0.2) is 4.79 Å². The van der Waals surface area contributed by atoms with Gasteiger partial charge in [0, 0.05) is 5.56 Å². The Kier molecular flexibility index (Phi) is 3.41. The van der Waals surface area contributed by atoms with Gasteiger partial charge in [0.1, 0.15) is 5.71 Å². The molecule has 1 aromatic rings. The zero-order valence-electron chi connectivity index (χ0n) is 8.84. The van der Waals surface area contributed by atoms with Crippen LogP contribution in [0.5, 0.6) is 0 Å². The number of hydrogen-bond acceptors (Lipinski definition) is 4. The van der Waals surface area contributed by atoms with E-state index < -0.39 is 0 Å². The van der Waals surface area contributed by atoms with Crippen LogP contribution in [0.4, 0.5) is 0 Å². The van der Waals surface area contributed by atoms with Crippen LogP contribution in [0.25, 0.3) is 0 Å². The molecule has 1 heterocycles. The summed E-state index contributed by atoms with van der Waals surface area (Å²) in [4.78, 5) is 16.1. The molecule has 0 aliphatic carbocycles. The van der Waals surface area contributed by atoms with E-state index in [1.165, 1.54) is 0 Å². The summed E-state index contributed by atoms with van der Waals surface area (Å²) >= 11 is 1.56. The third-order valence-electron chi connectivity index (χ3n) is 2.11. The summed E-state index contributed by atoms with van der Waals surface area (Å²) in [5, 5.41) is 5.61. The van der Waals surface area contributed by atoms with Crippen LogP contribution in [0.1, 0.15) is 12.5 Å². The molecule has 0 radical (unpaired) electrons. The zero-order valence-corrected chi connectivity index (χ0v) is 9.66. The van der Waals surface area contributed by atoms with Crippen molar-refractivity contribution in [1.29, 1.82) is 0 Å². The van der Waals surface area contributed by atoms with Crippen LogP contribution in [0.3, 0.4) is 0 Å². The molecule has 2 rings (SSSR count). The van der Waals surface area contributed by atoms with Crippen LogP contribution in [0.2, 0.25) is 0 Å². The molecule has 0 atom stereocenters. The zero-order chi connectivity index (χ0) is 11.4. The highest BCUT2D eigenvalue weighted by molar-refractivity contribution is 8.02. The summed E-state index contributed by atoms with van der Waals surface area (Å²) in [6, 6.07) is 9.55. The maximum absolute atomic E-state index is 11.4. The number of carbonyl (C=O) groups is 1. The third kappa shape index (κ3) is 2.17. The molecule has 0 saturated heterocycles. The van der Waals surface area contributed by atoms with E-state index in [2.05, 4.69) is 5.16 Å². The third-order valence-corrected chi connectivity index (χ3v) is 2.85. The summed E-state index contributed by atoms with van der Waals surface area (Å²) in [7, 11) is 0. The van der Waals surface area contributed by atoms with Gasteiger partial charge < -0.3 is 4.84 Å². The fourth-order valence-electron chi connectivity index (χ4n) is 1.36. The Morgan fingerprint density at radius 2 is 2.12 bits per heavy atom. The Bertz CT molecular complexity index is 451. The predicted molar refractivity (Wildman–Crippen MR) is 65.3 cm³/mol. The van der Waals surface area contributed by atoms with Crippen molar-refractivity contribution in [2.24, 2.45) is 5.16 Å². The van der Waals surface area contributed by atoms with Crippen molar-refractivity contribution in [2.75, 3.05) is 5.75 Å². The smallest absolute Gasteiger partial charge is 0.312 e. The van der Waals surface area contributed by atoms with Gasteiger partial charge >= 0.3 is 5.97 Å². The first-order valence-corrected chi connectivity index (χ1v) is 6.04. The van der Waals surface area contributed by atoms with E-state index in [0.29, 0.717) is 11.3 Å². The molecule has 16 heavy (non-hydrogen) atoms. The van der Waals surface area contributed by atoms with Crippen LogP contribution in [0, 0.1) is 0 Å². The topological polar surface area (TPSA) is 38.7 Å². The van der Waals surface area contributed by atoms with E-state index in [9.17, 15) is 4.79 Å². The quantitative estimate of drug-likeness (QED) is 0.595. The van der Waals surface area contributed by atoms with Gasteiger partial charge in [0.25, 0.3) is 0 Å². The predicted octanol–water partition coefficient (Wildman–Crippen LogP) is 2.58. The molecule has 1 aliphatic heterocycles. The van der Waals surface area contributed by atoms with Gasteiger partial charge in [-0.1, -0.05) is 42.4 Å². The Labute approximate surface area is 98.2 Å². The Balaban J connectivity index is 2.31. The van der Waals surface area contributed by atoms with Crippen molar-refractivity contribution in [3.8, 4) is 0 Å². The van der Waals surface area contributed by atoms with Crippen molar-refractivity contribution in [2.45, 2.75) is 6.92 Å². The molecule has 0 bridgehead atoms. The lowest BCUT2D eigenvalue weighted by Crippen LogP contribution is -2.06. The first-order chi connectivity index (χ1) is 7.83. The second-order valence-electron chi connectivity index (χ2n) is 3.17. The Morgan fingerprint density at radius 1 is 1.38 bits per heavy atom. The monoisotopic (exact) mass is 233 g/mol. The lowest BCUT2D eigenvalue weighted by atomic mass is 10.1. The van der Waals surface area contributed by atoms with Crippen LogP contribution in [-0.4, -0.2) is 17.4 Å². The van der Waals surface area contributed by atoms with E-state index >= 15 is 0 Å². The normalized spacial score (nSPS) is 17.4. The molecule has 4 heteroatoms. The summed E-state index contributed by atoms with van der Waals surface area (Å²) in [5.74, 6) is 0.540. The minimum Gasteiger partial charge on any atom is -0.312 e. The molecule has 0 aromatic heterocycles. The Hall–Kier alpha value is -1.55. The van der Waals surface area contributed by atoms with Gasteiger partial charge in [-0.3, -0.25) is 0 Å². The largest absolute Gasteiger partial charge is 0.368 e. The van der Waals surface area contributed by atoms with E-state index in [1.54, 1.807) is 17.2 Å². The second-order valence-corrected chi connectivity index (χ2v) is 4.32. The molecular weight excluding hydrogens is 222 g/mol. The average molecular weight is 233 g/mol. The van der Waals surface area contributed by atoms with Gasteiger partial charge in [-0.15, -0.1) is 11.8 Å². The number of benzene rings is 1. The summed E-state index contributed by atoms with van der Waals surface area (Å²) in [5.41, 5.74) is 2.06. The summed E-state index contributed by atoms with van der Waals surface area (Å²) in [6.45, 7) is 2.03. The number of oxime groups is 1. The van der Waals surface area contributed by atoms with Gasteiger partial charge in [0.2, 0.25) is 0 Å². The molecule has 1 aliphatic rings. The fraction of sp³-hybridized carbons (Fsp3) is 0.167. The summed E-state index contributed by atoms with van der Waals surface area (Å²) < 4.78 is 0. The fourth-order valence-corrected chi connectivity index (χ4v) is 1.90. The number of nitrogens with zero attached hydrogens (tertiary/aromatic N) is 1. The van der Waals surface area contributed by atoms with Gasteiger partial charge in [-0.2, -0.15) is 0 Å². The van der Waals surface area contributed by atoms with Crippen molar-refractivity contribution in [1.82, 2.24) is 0 Å². The van der Waals surface area contributed by atoms with Crippen LogP contribution in [-0.2, 0) is 9.63 Å². The van der Waals surface area contributed by atoms with Crippen LogP contribution < -0.4 is 0 Å². The first-order valence-electron chi connectivity index (χ1n) is 5.00. The summed E-state index contributed by atoms with van der Waals surface area (Å²) in [6.07, 6.45) is 0. The van der Waals surface area contributed by atoms with E-state index in [-0.39, 0.29) is 5.97 Å². The maximum Gasteiger partial charge on any atom is 0.368 e. The van der Waals surface area contributed by atoms with E-state index in [4.69, 9.17) is 4.84 Å². The van der Waals surface area contributed by atoms with Gasteiger partial charge in [0.15, 0.2) is 0 Å². The highest BCUT2D eigenvalue weighted by Crippen LogP contribution is 2.20. The molecular formula is C12H11NO2S. The number of rotatable bonds is 3. The van der Waals surface area contributed by atoms with Gasteiger partial charge in [0.05, 0.1) is 5.57 Å². The van der Waals surface area contributed by atoms with Crippen molar-refractivity contribution >= 4 is 23.4 Å². The van der Waals surface area contributed by atoms with Crippen molar-refractivity contribution in [3.05, 3.63) is 46.9 Å². The highest BCUT2D eigenvalue weighted by atomic mass is 32.2. The Morgan fingerprint density at radius 3 is 2.81 bits per heavy atom. The molecule has 0 N–H and O–H groups in total. The van der Waals surface area contributed by atoms with Crippen molar-refractivity contribution < 1.29 is 9.63 Å².